The molecule has 5 N–H and O–H groups in total. The van der Waals surface area contributed by atoms with Crippen molar-refractivity contribution >= 4 is 23.3 Å². The number of nitrogens with zero attached hydrogens (tertiary/aromatic N) is 1. The number of rotatable bonds is 3. The first kappa shape index (κ1) is 28.2. The minimum absolute atomic E-state index is 0.0110. The SMILES string of the molecule is CCc1cc(C#CC2=CCCCC2)c(O)c2c1C[C@@H]1C[C@@H]3[C@@H](N(C)C)C(O)C(C(N)=O)C(=O)[C@]3(O)C(=O)C1C2=O. The van der Waals surface area contributed by atoms with Crippen LogP contribution in [0.1, 0.15) is 66.1 Å². The number of aliphatic hydroxyl groups excluding tert-OH is 1. The summed E-state index contributed by atoms with van der Waals surface area (Å²) in [7, 11) is 3.25. The molecule has 5 rings (SSSR count). The number of carbonyl (C=O) groups is 4. The molecule has 0 aromatic heterocycles. The number of benzene rings is 1. The van der Waals surface area contributed by atoms with Gasteiger partial charge < -0.3 is 26.0 Å². The van der Waals surface area contributed by atoms with Gasteiger partial charge in [-0.3, -0.25) is 19.2 Å². The number of hydrogen-bond donors (Lipinski definition) is 4. The Morgan fingerprint density at radius 3 is 2.50 bits per heavy atom. The molecule has 40 heavy (non-hydrogen) atoms. The lowest BCUT2D eigenvalue weighted by Crippen LogP contribution is -2.75. The van der Waals surface area contributed by atoms with Gasteiger partial charge in [-0.05, 0) is 87.7 Å². The predicted octanol–water partition coefficient (Wildman–Crippen LogP) is 1.07. The quantitative estimate of drug-likeness (QED) is 0.323. The summed E-state index contributed by atoms with van der Waals surface area (Å²) < 4.78 is 0. The number of aliphatic hydroxyl groups is 2. The van der Waals surface area contributed by atoms with Crippen LogP contribution in [0.3, 0.4) is 0 Å². The lowest BCUT2D eigenvalue weighted by Gasteiger charge is -2.54. The first-order valence-corrected chi connectivity index (χ1v) is 14.0. The van der Waals surface area contributed by atoms with Crippen LogP contribution in [0.5, 0.6) is 5.75 Å². The molecule has 2 fully saturated rings. The van der Waals surface area contributed by atoms with Crippen molar-refractivity contribution in [3.05, 3.63) is 40.0 Å². The maximum Gasteiger partial charge on any atom is 0.230 e. The molecule has 212 valence electrons. The molecular weight excluding hydrogens is 512 g/mol. The minimum Gasteiger partial charge on any atom is -0.506 e. The third-order valence-corrected chi connectivity index (χ3v) is 9.41. The third kappa shape index (κ3) is 4.12. The summed E-state index contributed by atoms with van der Waals surface area (Å²) in [6.45, 7) is 1.94. The molecule has 9 heteroatoms. The van der Waals surface area contributed by atoms with Gasteiger partial charge in [0.05, 0.1) is 23.1 Å². The van der Waals surface area contributed by atoms with E-state index >= 15 is 0 Å². The Kier molecular flexibility index (Phi) is 7.24. The number of Topliss-reactive ketones (excluding diaryl/α,β-unsaturated/α-hetero) is 3. The summed E-state index contributed by atoms with van der Waals surface area (Å²) in [4.78, 5) is 55.2. The predicted molar refractivity (Wildman–Crippen MR) is 145 cm³/mol. The number of ketones is 3. The molecule has 1 aromatic rings. The van der Waals surface area contributed by atoms with Gasteiger partial charge in [-0.1, -0.05) is 24.8 Å². The highest BCUT2D eigenvalue weighted by atomic mass is 16.3. The average molecular weight is 549 g/mol. The molecule has 0 spiro atoms. The van der Waals surface area contributed by atoms with E-state index in [-0.39, 0.29) is 24.2 Å². The van der Waals surface area contributed by atoms with Crippen LogP contribution < -0.4 is 5.73 Å². The topological polar surface area (TPSA) is 158 Å². The number of allylic oxidation sites excluding steroid dienone is 2. The van der Waals surface area contributed by atoms with Gasteiger partial charge in [0, 0.05) is 12.0 Å². The Labute approximate surface area is 233 Å². The molecule has 9 nitrogen and oxygen atoms in total. The van der Waals surface area contributed by atoms with Crippen LogP contribution in [-0.4, -0.2) is 75.3 Å². The van der Waals surface area contributed by atoms with Crippen molar-refractivity contribution in [3.63, 3.8) is 0 Å². The number of nitrogens with two attached hydrogens (primary N) is 1. The van der Waals surface area contributed by atoms with Crippen LogP contribution in [0, 0.1) is 35.5 Å². The van der Waals surface area contributed by atoms with Gasteiger partial charge in [0.15, 0.2) is 23.0 Å². The largest absolute Gasteiger partial charge is 0.506 e. The number of primary amides is 1. The number of fused-ring (bicyclic) bond motifs is 3. The monoisotopic (exact) mass is 548 g/mol. The average Bonchev–Trinajstić information content (AvgIpc) is 2.90. The summed E-state index contributed by atoms with van der Waals surface area (Å²) in [5.41, 5.74) is 5.54. The zero-order chi connectivity index (χ0) is 29.1. The summed E-state index contributed by atoms with van der Waals surface area (Å²) in [5.74, 6) is -2.92. The molecule has 1 amide bonds. The molecule has 0 radical (unpaired) electrons. The summed E-state index contributed by atoms with van der Waals surface area (Å²) >= 11 is 0. The van der Waals surface area contributed by atoms with Gasteiger partial charge >= 0.3 is 0 Å². The van der Waals surface area contributed by atoms with E-state index in [9.17, 15) is 34.5 Å². The number of amides is 1. The van der Waals surface area contributed by atoms with Crippen LogP contribution in [0.4, 0.5) is 0 Å². The Bertz CT molecular complexity index is 1400. The van der Waals surface area contributed by atoms with E-state index in [0.717, 1.165) is 36.8 Å². The van der Waals surface area contributed by atoms with Crippen molar-refractivity contribution in [1.82, 2.24) is 4.90 Å². The Balaban J connectivity index is 1.61. The van der Waals surface area contributed by atoms with E-state index in [1.807, 2.05) is 6.92 Å². The Morgan fingerprint density at radius 2 is 1.90 bits per heavy atom. The molecule has 2 saturated carbocycles. The van der Waals surface area contributed by atoms with Crippen molar-refractivity contribution in [1.29, 1.82) is 0 Å². The number of aryl methyl sites for hydroxylation is 1. The molecule has 1 aromatic carbocycles. The Morgan fingerprint density at radius 1 is 1.18 bits per heavy atom. The van der Waals surface area contributed by atoms with Crippen LogP contribution in [0.2, 0.25) is 0 Å². The highest BCUT2D eigenvalue weighted by Crippen LogP contribution is 2.52. The van der Waals surface area contributed by atoms with E-state index in [2.05, 4.69) is 17.9 Å². The van der Waals surface area contributed by atoms with E-state index in [0.29, 0.717) is 17.5 Å². The highest BCUT2D eigenvalue weighted by molar-refractivity contribution is 6.25. The van der Waals surface area contributed by atoms with E-state index in [1.165, 1.54) is 0 Å². The van der Waals surface area contributed by atoms with Gasteiger partial charge in [-0.2, -0.15) is 0 Å². The summed E-state index contributed by atoms with van der Waals surface area (Å²) in [6, 6.07) is 0.875. The Hall–Kier alpha value is -3.32. The van der Waals surface area contributed by atoms with Crippen molar-refractivity contribution in [3.8, 4) is 17.6 Å². The molecule has 0 bridgehead atoms. The van der Waals surface area contributed by atoms with Gasteiger partial charge in [0.2, 0.25) is 5.91 Å². The molecule has 4 aliphatic rings. The van der Waals surface area contributed by atoms with Crippen LogP contribution in [0.15, 0.2) is 17.7 Å². The second-order valence-electron chi connectivity index (χ2n) is 11.8. The molecule has 0 saturated heterocycles. The van der Waals surface area contributed by atoms with Crippen LogP contribution >= 0.6 is 0 Å². The fourth-order valence-corrected chi connectivity index (χ4v) is 7.48. The standard InChI is InChI=1S/C31H36N2O7/c1-4-16-12-17(11-10-15-8-6-5-7-9-15)25(34)22-19(16)13-18-14-20-24(33(2)3)27(36)23(30(32)39)29(38)31(20,40)28(37)21(18)26(22)35/h8,12,18,20-21,23-24,27,34,36,40H,4-7,9,13-14H2,1-3H3,(H2,32,39)/t18-,20-,21?,23?,24-,27?,31-/m1/s1. The smallest absolute Gasteiger partial charge is 0.230 e. The lowest BCUT2D eigenvalue weighted by molar-refractivity contribution is -0.190. The fraction of sp³-hybridized carbons (Fsp3) is 0.548. The number of hydrogen-bond acceptors (Lipinski definition) is 8. The third-order valence-electron chi connectivity index (χ3n) is 9.41. The minimum atomic E-state index is -2.67. The van der Waals surface area contributed by atoms with Gasteiger partial charge in [0.25, 0.3) is 0 Å². The molecule has 4 aliphatic carbocycles. The van der Waals surface area contributed by atoms with Crippen molar-refractivity contribution in [2.75, 3.05) is 14.1 Å². The van der Waals surface area contributed by atoms with Crippen molar-refractivity contribution in [2.45, 2.75) is 69.6 Å². The second-order valence-corrected chi connectivity index (χ2v) is 11.8. The normalized spacial score (nSPS) is 33.4. The molecule has 0 aliphatic heterocycles. The maximum absolute atomic E-state index is 14.0. The molecular formula is C31H36N2O7. The number of phenolic OH excluding ortho intramolecular Hbond substituents is 1. The number of phenols is 1. The van der Waals surface area contributed by atoms with Crippen molar-refractivity contribution < 1.29 is 34.5 Å². The highest BCUT2D eigenvalue weighted by Gasteiger charge is 2.69. The van der Waals surface area contributed by atoms with Gasteiger partial charge in [-0.25, -0.2) is 0 Å². The first-order valence-electron chi connectivity index (χ1n) is 14.0. The lowest BCUT2D eigenvalue weighted by atomic mass is 9.52. The molecule has 7 atom stereocenters. The number of carbonyl (C=O) groups excluding carboxylic acids is 4. The van der Waals surface area contributed by atoms with E-state index in [1.54, 1.807) is 25.1 Å². The first-order chi connectivity index (χ1) is 18.9. The maximum atomic E-state index is 14.0. The summed E-state index contributed by atoms with van der Waals surface area (Å²) in [6.07, 6.45) is 5.49. The number of likely N-dealkylation sites (N-methyl/N-ethyl adjacent to an activating group) is 1. The van der Waals surface area contributed by atoms with Gasteiger partial charge in [0.1, 0.15) is 11.7 Å². The molecule has 0 heterocycles. The van der Waals surface area contributed by atoms with E-state index in [4.69, 9.17) is 5.73 Å². The van der Waals surface area contributed by atoms with Gasteiger partial charge in [-0.15, -0.1) is 0 Å². The zero-order valence-corrected chi connectivity index (χ0v) is 23.1. The fourth-order valence-electron chi connectivity index (χ4n) is 7.48. The summed E-state index contributed by atoms with van der Waals surface area (Å²) in [5, 5.41) is 34.0. The van der Waals surface area contributed by atoms with Crippen molar-refractivity contribution in [2.24, 2.45) is 29.4 Å². The van der Waals surface area contributed by atoms with Crippen LogP contribution in [-0.2, 0) is 27.2 Å². The second kappa shape index (κ2) is 10.3. The molecule has 3 unspecified atom stereocenters. The van der Waals surface area contributed by atoms with E-state index < -0.39 is 64.7 Å². The van der Waals surface area contributed by atoms with Crippen LogP contribution in [0.25, 0.3) is 0 Å². The zero-order valence-electron chi connectivity index (χ0n) is 23.1. The number of aromatic hydroxyl groups is 1.